The fourth-order valence-electron chi connectivity index (χ4n) is 3.09. The van der Waals surface area contributed by atoms with Crippen molar-refractivity contribution >= 4 is 34.1 Å². The predicted octanol–water partition coefficient (Wildman–Crippen LogP) is 4.53. The van der Waals surface area contributed by atoms with Crippen molar-refractivity contribution in [3.63, 3.8) is 0 Å². The minimum atomic E-state index is -0.171. The number of carbonyl (C=O) groups excluding carboxylic acids is 1. The fraction of sp³-hybridized carbons (Fsp3) is 0.227. The Morgan fingerprint density at radius 1 is 1.09 bits per heavy atom. The molecule has 8 nitrogen and oxygen atoms in total. The number of rotatable bonds is 8. The zero-order valence-electron chi connectivity index (χ0n) is 17.9. The second-order valence-electron chi connectivity index (χ2n) is 6.90. The number of amides is 1. The Morgan fingerprint density at radius 2 is 1.91 bits per heavy atom. The Balaban J connectivity index is 1.39. The van der Waals surface area contributed by atoms with E-state index in [4.69, 9.17) is 4.74 Å². The lowest BCUT2D eigenvalue weighted by Crippen LogP contribution is -2.14. The lowest BCUT2D eigenvalue weighted by atomic mass is 10.1. The van der Waals surface area contributed by atoms with Crippen LogP contribution in [0.15, 0.2) is 53.7 Å². The van der Waals surface area contributed by atoms with Gasteiger partial charge in [0, 0.05) is 17.7 Å². The Kier molecular flexibility index (Phi) is 6.81. The molecule has 2 aromatic heterocycles. The molecular formula is C22H22N6O2S2. The average molecular weight is 467 g/mol. The summed E-state index contributed by atoms with van der Waals surface area (Å²) in [6.07, 6.45) is 0. The highest BCUT2D eigenvalue weighted by atomic mass is 32.2. The van der Waals surface area contributed by atoms with E-state index < -0.39 is 0 Å². The molecule has 4 aromatic rings. The minimum absolute atomic E-state index is 0.171. The second-order valence-corrected chi connectivity index (χ2v) is 8.82. The topological polar surface area (TPSA) is 94.8 Å². The summed E-state index contributed by atoms with van der Waals surface area (Å²) >= 11 is 2.67. The lowest BCUT2D eigenvalue weighted by molar-refractivity contribution is -0.113. The van der Waals surface area contributed by atoms with Gasteiger partial charge in [0.1, 0.15) is 10.8 Å². The Bertz CT molecular complexity index is 1220. The summed E-state index contributed by atoms with van der Waals surface area (Å²) in [5.74, 6) is 1.60. The number of methoxy groups -OCH3 is 1. The largest absolute Gasteiger partial charge is 0.497 e. The standard InChI is InChI=1S/C22H22N6O2S2/c1-4-28-19(16-7-5-6-14(2)12-16)24-27-22(28)31-13-18(29)23-21-26-25-20(32-21)15-8-10-17(30-3)11-9-15/h5-12H,4,13H2,1-3H3,(H,23,26,29). The van der Waals surface area contributed by atoms with Gasteiger partial charge in [-0.25, -0.2) is 0 Å². The van der Waals surface area contributed by atoms with Gasteiger partial charge in [-0.2, -0.15) is 0 Å². The van der Waals surface area contributed by atoms with E-state index in [1.807, 2.05) is 60.9 Å². The molecule has 0 bridgehead atoms. The van der Waals surface area contributed by atoms with Crippen molar-refractivity contribution in [3.8, 4) is 27.7 Å². The molecule has 0 saturated carbocycles. The summed E-state index contributed by atoms with van der Waals surface area (Å²) in [5.41, 5.74) is 3.08. The van der Waals surface area contributed by atoms with Crippen molar-refractivity contribution in [2.24, 2.45) is 0 Å². The van der Waals surface area contributed by atoms with Crippen LogP contribution in [0.3, 0.4) is 0 Å². The third kappa shape index (κ3) is 4.97. The first kappa shape index (κ1) is 22.0. The van der Waals surface area contributed by atoms with Gasteiger partial charge in [0.25, 0.3) is 0 Å². The first-order valence-corrected chi connectivity index (χ1v) is 11.8. The van der Waals surface area contributed by atoms with E-state index >= 15 is 0 Å². The van der Waals surface area contributed by atoms with Gasteiger partial charge < -0.3 is 9.30 Å². The van der Waals surface area contributed by atoms with Crippen LogP contribution in [0.25, 0.3) is 22.0 Å². The van der Waals surface area contributed by atoms with Gasteiger partial charge in [-0.1, -0.05) is 46.9 Å². The van der Waals surface area contributed by atoms with Crippen LogP contribution in [0.1, 0.15) is 12.5 Å². The normalized spacial score (nSPS) is 10.8. The molecule has 0 unspecified atom stereocenters. The number of hydrogen-bond acceptors (Lipinski definition) is 8. The average Bonchev–Trinajstić information content (AvgIpc) is 3.44. The third-order valence-corrected chi connectivity index (χ3v) is 6.50. The molecule has 1 N–H and O–H groups in total. The van der Waals surface area contributed by atoms with Gasteiger partial charge in [-0.15, -0.1) is 20.4 Å². The second kappa shape index (κ2) is 9.92. The molecule has 0 aliphatic heterocycles. The first-order chi connectivity index (χ1) is 15.6. The molecular weight excluding hydrogens is 444 g/mol. The number of hydrogen-bond donors (Lipinski definition) is 1. The lowest BCUT2D eigenvalue weighted by Gasteiger charge is -2.07. The molecule has 0 aliphatic carbocycles. The molecule has 0 spiro atoms. The smallest absolute Gasteiger partial charge is 0.236 e. The van der Waals surface area contributed by atoms with Crippen molar-refractivity contribution in [2.75, 3.05) is 18.2 Å². The number of ether oxygens (including phenoxy) is 1. The molecule has 0 saturated heterocycles. The number of aryl methyl sites for hydroxylation is 1. The number of nitrogens with one attached hydrogen (secondary N) is 1. The van der Waals surface area contributed by atoms with Crippen molar-refractivity contribution in [3.05, 3.63) is 54.1 Å². The quantitative estimate of drug-likeness (QED) is 0.381. The first-order valence-electron chi connectivity index (χ1n) is 9.98. The molecule has 164 valence electrons. The van der Waals surface area contributed by atoms with E-state index in [0.29, 0.717) is 16.8 Å². The molecule has 1 amide bonds. The SMILES string of the molecule is CCn1c(SCC(=O)Nc2nnc(-c3ccc(OC)cc3)s2)nnc1-c1cccc(C)c1. The van der Waals surface area contributed by atoms with Crippen molar-refractivity contribution < 1.29 is 9.53 Å². The highest BCUT2D eigenvalue weighted by molar-refractivity contribution is 7.99. The number of benzene rings is 2. The summed E-state index contributed by atoms with van der Waals surface area (Å²) in [6, 6.07) is 15.7. The van der Waals surface area contributed by atoms with Crippen molar-refractivity contribution in [1.82, 2.24) is 25.0 Å². The monoisotopic (exact) mass is 466 g/mol. The van der Waals surface area contributed by atoms with Crippen LogP contribution < -0.4 is 10.1 Å². The Morgan fingerprint density at radius 3 is 2.62 bits per heavy atom. The van der Waals surface area contributed by atoms with Crippen molar-refractivity contribution in [1.29, 1.82) is 0 Å². The number of nitrogens with zero attached hydrogens (tertiary/aromatic N) is 5. The number of anilines is 1. The Hall–Kier alpha value is -3.24. The highest BCUT2D eigenvalue weighted by Gasteiger charge is 2.16. The van der Waals surface area contributed by atoms with Crippen LogP contribution >= 0.6 is 23.1 Å². The molecule has 10 heteroatoms. The maximum atomic E-state index is 12.5. The van der Waals surface area contributed by atoms with E-state index in [-0.39, 0.29) is 11.7 Å². The Labute approximate surface area is 194 Å². The number of carbonyl (C=O) groups is 1. The van der Waals surface area contributed by atoms with Gasteiger partial charge >= 0.3 is 0 Å². The molecule has 0 aliphatic rings. The molecule has 32 heavy (non-hydrogen) atoms. The predicted molar refractivity (Wildman–Crippen MR) is 127 cm³/mol. The molecule has 4 rings (SSSR count). The maximum Gasteiger partial charge on any atom is 0.236 e. The van der Waals surface area contributed by atoms with E-state index in [0.717, 1.165) is 33.3 Å². The van der Waals surface area contributed by atoms with Crippen LogP contribution in [0.2, 0.25) is 0 Å². The molecule has 2 aromatic carbocycles. The highest BCUT2D eigenvalue weighted by Crippen LogP contribution is 2.28. The number of thioether (sulfide) groups is 1. The van der Waals surface area contributed by atoms with Crippen LogP contribution in [0.5, 0.6) is 5.75 Å². The van der Waals surface area contributed by atoms with E-state index in [1.165, 1.54) is 23.1 Å². The molecule has 0 atom stereocenters. The summed E-state index contributed by atoms with van der Waals surface area (Å²) < 4.78 is 7.18. The van der Waals surface area contributed by atoms with Gasteiger partial charge in [0.05, 0.1) is 12.9 Å². The summed E-state index contributed by atoms with van der Waals surface area (Å²) in [5, 5.41) is 21.6. The number of aromatic nitrogens is 5. The fourth-order valence-corrected chi connectivity index (χ4v) is 4.66. The van der Waals surface area contributed by atoms with Crippen LogP contribution in [0.4, 0.5) is 5.13 Å². The van der Waals surface area contributed by atoms with E-state index in [9.17, 15) is 4.79 Å². The third-order valence-electron chi connectivity index (χ3n) is 4.65. The van der Waals surface area contributed by atoms with Gasteiger partial charge in [0.15, 0.2) is 11.0 Å². The van der Waals surface area contributed by atoms with Crippen molar-refractivity contribution in [2.45, 2.75) is 25.5 Å². The van der Waals surface area contributed by atoms with Crippen LogP contribution in [0, 0.1) is 6.92 Å². The van der Waals surface area contributed by atoms with Gasteiger partial charge in [0.2, 0.25) is 11.0 Å². The zero-order valence-corrected chi connectivity index (χ0v) is 19.5. The summed E-state index contributed by atoms with van der Waals surface area (Å²) in [6.45, 7) is 4.79. The summed E-state index contributed by atoms with van der Waals surface area (Å²) in [7, 11) is 1.62. The van der Waals surface area contributed by atoms with Gasteiger partial charge in [-0.3, -0.25) is 10.1 Å². The molecule has 2 heterocycles. The minimum Gasteiger partial charge on any atom is -0.497 e. The van der Waals surface area contributed by atoms with Crippen LogP contribution in [-0.4, -0.2) is 43.7 Å². The van der Waals surface area contributed by atoms with Gasteiger partial charge in [-0.05, 0) is 44.2 Å². The van der Waals surface area contributed by atoms with E-state index in [2.05, 4.69) is 31.8 Å². The maximum absolute atomic E-state index is 12.5. The van der Waals surface area contributed by atoms with Crippen LogP contribution in [-0.2, 0) is 11.3 Å². The van der Waals surface area contributed by atoms with E-state index in [1.54, 1.807) is 7.11 Å². The summed E-state index contributed by atoms with van der Waals surface area (Å²) in [4.78, 5) is 12.5. The molecule has 0 radical (unpaired) electrons. The zero-order chi connectivity index (χ0) is 22.5. The molecule has 0 fully saturated rings.